The molecule has 0 unspecified atom stereocenters. The normalized spacial score (nSPS) is 10.2. The average Bonchev–Trinajstić information content (AvgIpc) is 2.29. The van der Waals surface area contributed by atoms with Crippen molar-refractivity contribution >= 4 is 11.6 Å². The molecule has 2 aromatic rings. The zero-order valence-electron chi connectivity index (χ0n) is 8.58. The minimum Gasteiger partial charge on any atom is -0.494 e. The zero-order chi connectivity index (χ0) is 11.5. The quantitative estimate of drug-likeness (QED) is 0.746. The molecule has 2 rings (SSSR count). The number of aromatic nitrogens is 1. The Labute approximate surface area is 97.7 Å². The van der Waals surface area contributed by atoms with Crippen LogP contribution < -0.4 is 4.74 Å². The summed E-state index contributed by atoms with van der Waals surface area (Å²) in [5.41, 5.74) is 1.56. The van der Waals surface area contributed by atoms with Gasteiger partial charge in [-0.15, -0.1) is 0 Å². The smallest absolute Gasteiger partial charge is 0.165 e. The molecule has 82 valence electrons. The summed E-state index contributed by atoms with van der Waals surface area (Å²) < 4.78 is 18.3. The maximum atomic E-state index is 13.5. The number of methoxy groups -OCH3 is 1. The number of pyridine rings is 1. The molecule has 1 aromatic carbocycles. The first-order valence-electron chi connectivity index (χ1n) is 4.66. The molecule has 0 amide bonds. The molecule has 4 heteroatoms. The maximum absolute atomic E-state index is 13.5. The van der Waals surface area contributed by atoms with Crippen LogP contribution in [-0.4, -0.2) is 12.1 Å². The SMILES string of the molecule is COc1ccc(-c2ccnc(Cl)c2)cc1F. The van der Waals surface area contributed by atoms with Crippen LogP contribution in [0.2, 0.25) is 5.15 Å². The fraction of sp³-hybridized carbons (Fsp3) is 0.0833. The van der Waals surface area contributed by atoms with Gasteiger partial charge in [0.25, 0.3) is 0 Å². The van der Waals surface area contributed by atoms with Crippen LogP contribution >= 0.6 is 11.6 Å². The molecule has 0 radical (unpaired) electrons. The van der Waals surface area contributed by atoms with Gasteiger partial charge in [0.05, 0.1) is 7.11 Å². The highest BCUT2D eigenvalue weighted by Crippen LogP contribution is 2.26. The summed E-state index contributed by atoms with van der Waals surface area (Å²) in [6, 6.07) is 8.22. The monoisotopic (exact) mass is 237 g/mol. The van der Waals surface area contributed by atoms with E-state index in [9.17, 15) is 4.39 Å². The molecule has 0 fully saturated rings. The van der Waals surface area contributed by atoms with Gasteiger partial charge in [0.2, 0.25) is 0 Å². The molecule has 1 heterocycles. The third kappa shape index (κ3) is 2.14. The Morgan fingerprint density at radius 1 is 1.19 bits per heavy atom. The van der Waals surface area contributed by atoms with Crippen molar-refractivity contribution in [2.75, 3.05) is 7.11 Å². The van der Waals surface area contributed by atoms with Crippen molar-refractivity contribution in [3.63, 3.8) is 0 Å². The van der Waals surface area contributed by atoms with E-state index in [2.05, 4.69) is 4.98 Å². The minimum atomic E-state index is -0.395. The van der Waals surface area contributed by atoms with Crippen molar-refractivity contribution < 1.29 is 9.13 Å². The Hall–Kier alpha value is -1.61. The summed E-state index contributed by atoms with van der Waals surface area (Å²) in [6.45, 7) is 0. The lowest BCUT2D eigenvalue weighted by atomic mass is 10.1. The van der Waals surface area contributed by atoms with E-state index in [1.165, 1.54) is 13.2 Å². The van der Waals surface area contributed by atoms with Gasteiger partial charge in [-0.3, -0.25) is 0 Å². The number of hydrogen-bond donors (Lipinski definition) is 0. The molecule has 0 aliphatic rings. The summed E-state index contributed by atoms with van der Waals surface area (Å²) in [4.78, 5) is 3.87. The second-order valence-corrected chi connectivity index (χ2v) is 3.60. The maximum Gasteiger partial charge on any atom is 0.165 e. The molecule has 2 nitrogen and oxygen atoms in total. The van der Waals surface area contributed by atoms with E-state index in [0.717, 1.165) is 11.1 Å². The lowest BCUT2D eigenvalue weighted by Gasteiger charge is -2.05. The molecule has 1 aromatic heterocycles. The zero-order valence-corrected chi connectivity index (χ0v) is 9.33. The number of hydrogen-bond acceptors (Lipinski definition) is 2. The van der Waals surface area contributed by atoms with Gasteiger partial charge in [0, 0.05) is 6.20 Å². The van der Waals surface area contributed by atoms with E-state index in [1.807, 2.05) is 0 Å². The molecular weight excluding hydrogens is 229 g/mol. The first-order chi connectivity index (χ1) is 7.70. The van der Waals surface area contributed by atoms with Gasteiger partial charge in [0.1, 0.15) is 5.15 Å². The molecule has 0 saturated carbocycles. The highest BCUT2D eigenvalue weighted by molar-refractivity contribution is 6.29. The predicted octanol–water partition coefficient (Wildman–Crippen LogP) is 3.55. The van der Waals surface area contributed by atoms with Gasteiger partial charge >= 0.3 is 0 Å². The highest BCUT2D eigenvalue weighted by Gasteiger charge is 2.05. The third-order valence-electron chi connectivity index (χ3n) is 2.21. The lowest BCUT2D eigenvalue weighted by Crippen LogP contribution is -1.88. The van der Waals surface area contributed by atoms with Crippen LogP contribution in [0.4, 0.5) is 4.39 Å². The molecule has 0 atom stereocenters. The number of halogens is 2. The van der Waals surface area contributed by atoms with Crippen LogP contribution in [0.25, 0.3) is 11.1 Å². The summed E-state index contributed by atoms with van der Waals surface area (Å²) in [6.07, 6.45) is 1.58. The fourth-order valence-electron chi connectivity index (χ4n) is 1.43. The topological polar surface area (TPSA) is 22.1 Å². The summed E-state index contributed by atoms with van der Waals surface area (Å²) in [5.74, 6) is -0.170. The van der Waals surface area contributed by atoms with E-state index in [4.69, 9.17) is 16.3 Å². The number of benzene rings is 1. The van der Waals surface area contributed by atoms with Crippen molar-refractivity contribution in [3.8, 4) is 16.9 Å². The van der Waals surface area contributed by atoms with Crippen molar-refractivity contribution in [2.45, 2.75) is 0 Å². The molecule has 0 spiro atoms. The van der Waals surface area contributed by atoms with Gasteiger partial charge in [0.15, 0.2) is 11.6 Å². The van der Waals surface area contributed by atoms with Crippen molar-refractivity contribution in [1.29, 1.82) is 0 Å². The Morgan fingerprint density at radius 2 is 1.94 bits per heavy atom. The van der Waals surface area contributed by atoms with Gasteiger partial charge < -0.3 is 4.74 Å². The molecule has 0 aliphatic carbocycles. The molecule has 0 aliphatic heterocycles. The predicted molar refractivity (Wildman–Crippen MR) is 61.2 cm³/mol. The van der Waals surface area contributed by atoms with Crippen LogP contribution in [-0.2, 0) is 0 Å². The van der Waals surface area contributed by atoms with E-state index in [-0.39, 0.29) is 5.75 Å². The first-order valence-corrected chi connectivity index (χ1v) is 5.04. The van der Waals surface area contributed by atoms with Crippen LogP contribution in [0.5, 0.6) is 5.75 Å². The van der Waals surface area contributed by atoms with Crippen molar-refractivity contribution in [1.82, 2.24) is 4.98 Å². The van der Waals surface area contributed by atoms with Gasteiger partial charge in [-0.1, -0.05) is 17.7 Å². The molecule has 0 saturated heterocycles. The van der Waals surface area contributed by atoms with Crippen molar-refractivity contribution in [3.05, 3.63) is 47.5 Å². The van der Waals surface area contributed by atoms with Crippen LogP contribution in [0.3, 0.4) is 0 Å². The lowest BCUT2D eigenvalue weighted by molar-refractivity contribution is 0.386. The summed E-state index contributed by atoms with van der Waals surface area (Å²) >= 11 is 5.76. The van der Waals surface area contributed by atoms with E-state index in [0.29, 0.717) is 5.15 Å². The van der Waals surface area contributed by atoms with Crippen LogP contribution in [0.1, 0.15) is 0 Å². The van der Waals surface area contributed by atoms with Crippen molar-refractivity contribution in [2.24, 2.45) is 0 Å². The number of nitrogens with zero attached hydrogens (tertiary/aromatic N) is 1. The third-order valence-corrected chi connectivity index (χ3v) is 2.42. The van der Waals surface area contributed by atoms with E-state index in [1.54, 1.807) is 30.5 Å². The van der Waals surface area contributed by atoms with Gasteiger partial charge in [-0.05, 0) is 35.4 Å². The second kappa shape index (κ2) is 4.49. The minimum absolute atomic E-state index is 0.226. The Balaban J connectivity index is 2.45. The molecule has 0 bridgehead atoms. The summed E-state index contributed by atoms with van der Waals surface area (Å²) in [5, 5.41) is 0.383. The highest BCUT2D eigenvalue weighted by atomic mass is 35.5. The van der Waals surface area contributed by atoms with Gasteiger partial charge in [-0.2, -0.15) is 0 Å². The standard InChI is InChI=1S/C12H9ClFNO/c1-16-11-3-2-8(6-10(11)14)9-4-5-15-12(13)7-9/h2-7H,1H3. The van der Waals surface area contributed by atoms with Crippen LogP contribution in [0.15, 0.2) is 36.5 Å². The molecular formula is C12H9ClFNO. The largest absolute Gasteiger partial charge is 0.494 e. The Kier molecular flexibility index (Phi) is 3.06. The number of rotatable bonds is 2. The van der Waals surface area contributed by atoms with Gasteiger partial charge in [-0.25, -0.2) is 9.37 Å². The molecule has 0 N–H and O–H groups in total. The fourth-order valence-corrected chi connectivity index (χ4v) is 1.60. The van der Waals surface area contributed by atoms with E-state index < -0.39 is 5.82 Å². The summed E-state index contributed by atoms with van der Waals surface area (Å²) in [7, 11) is 1.43. The van der Waals surface area contributed by atoms with Crippen LogP contribution in [0, 0.1) is 5.82 Å². The number of ether oxygens (including phenoxy) is 1. The first kappa shape index (κ1) is 10.9. The second-order valence-electron chi connectivity index (χ2n) is 3.22. The Morgan fingerprint density at radius 3 is 2.56 bits per heavy atom. The molecule has 16 heavy (non-hydrogen) atoms. The average molecular weight is 238 g/mol. The van der Waals surface area contributed by atoms with E-state index >= 15 is 0 Å². The Bertz CT molecular complexity index is 516.